The molecule has 0 radical (unpaired) electrons. The van der Waals surface area contributed by atoms with Gasteiger partial charge in [-0.2, -0.15) is 0 Å². The van der Waals surface area contributed by atoms with Gasteiger partial charge in [-0.05, 0) is 26.3 Å². The Bertz CT molecular complexity index is 161. The third kappa shape index (κ3) is 7.57. The van der Waals surface area contributed by atoms with Gasteiger partial charge in [-0.25, -0.2) is 0 Å². The van der Waals surface area contributed by atoms with Crippen LogP contribution in [0.5, 0.6) is 0 Å². The molecule has 0 bridgehead atoms. The first kappa shape index (κ1) is 12.2. The predicted molar refractivity (Wildman–Crippen MR) is 54.5 cm³/mol. The summed E-state index contributed by atoms with van der Waals surface area (Å²) in [4.78, 5) is 11.1. The molecule has 0 aromatic rings. The van der Waals surface area contributed by atoms with Gasteiger partial charge in [0.25, 0.3) is 0 Å². The highest BCUT2D eigenvalue weighted by Crippen LogP contribution is 2.03. The summed E-state index contributed by atoms with van der Waals surface area (Å²) in [5.74, 6) is -0.0842. The van der Waals surface area contributed by atoms with Gasteiger partial charge in [0.1, 0.15) is 6.10 Å². The first-order valence-electron chi connectivity index (χ1n) is 5.03. The lowest BCUT2D eigenvalue weighted by Gasteiger charge is -2.08. The molecular weight excluding hydrogens is 164 g/mol. The summed E-state index contributed by atoms with van der Waals surface area (Å²) >= 11 is 0. The zero-order valence-corrected chi connectivity index (χ0v) is 8.88. The van der Waals surface area contributed by atoms with Crippen molar-refractivity contribution in [1.29, 1.82) is 0 Å². The first-order chi connectivity index (χ1) is 6.20. The van der Waals surface area contributed by atoms with Gasteiger partial charge in [0, 0.05) is 6.42 Å². The fourth-order valence-electron chi connectivity index (χ4n) is 1.10. The average Bonchev–Trinajstić information content (AvgIpc) is 2.05. The topological polar surface area (TPSA) is 26.3 Å². The fraction of sp³-hybridized carbons (Fsp3) is 0.727. The van der Waals surface area contributed by atoms with Crippen LogP contribution in [0.25, 0.3) is 0 Å². The molecule has 0 saturated carbocycles. The Hall–Kier alpha value is -0.790. The van der Waals surface area contributed by atoms with Crippen molar-refractivity contribution in [2.75, 3.05) is 0 Å². The van der Waals surface area contributed by atoms with Gasteiger partial charge in [0.05, 0.1) is 0 Å². The summed E-state index contributed by atoms with van der Waals surface area (Å²) in [5.41, 5.74) is 0. The Balaban J connectivity index is 3.50. The molecule has 13 heavy (non-hydrogen) atoms. The lowest BCUT2D eigenvalue weighted by atomic mass is 10.2. The van der Waals surface area contributed by atoms with Gasteiger partial charge >= 0.3 is 5.97 Å². The van der Waals surface area contributed by atoms with E-state index in [1.807, 2.05) is 26.0 Å². The van der Waals surface area contributed by atoms with E-state index in [2.05, 4.69) is 6.92 Å². The normalized spacial score (nSPS) is 13.2. The molecule has 0 aliphatic rings. The largest absolute Gasteiger partial charge is 0.458 e. The highest BCUT2D eigenvalue weighted by molar-refractivity contribution is 5.69. The van der Waals surface area contributed by atoms with Crippen molar-refractivity contribution in [2.45, 2.75) is 52.6 Å². The van der Waals surface area contributed by atoms with Crippen LogP contribution in [0.15, 0.2) is 12.2 Å². The number of hydrogen-bond donors (Lipinski definition) is 0. The number of hydrogen-bond acceptors (Lipinski definition) is 2. The van der Waals surface area contributed by atoms with Crippen LogP contribution in [-0.2, 0) is 9.53 Å². The minimum atomic E-state index is -0.0842. The second-order valence-corrected chi connectivity index (χ2v) is 3.18. The molecule has 0 aliphatic heterocycles. The smallest absolute Gasteiger partial charge is 0.306 e. The number of allylic oxidation sites excluding steroid dienone is 1. The zero-order valence-electron chi connectivity index (χ0n) is 8.88. The van der Waals surface area contributed by atoms with E-state index in [0.29, 0.717) is 6.42 Å². The van der Waals surface area contributed by atoms with E-state index in [1.54, 1.807) is 0 Å². The van der Waals surface area contributed by atoms with Gasteiger partial charge in [0.2, 0.25) is 0 Å². The minimum Gasteiger partial charge on any atom is -0.458 e. The van der Waals surface area contributed by atoms with Crippen molar-refractivity contribution in [2.24, 2.45) is 0 Å². The molecule has 0 spiro atoms. The molecule has 0 heterocycles. The maximum Gasteiger partial charge on any atom is 0.306 e. The standard InChI is InChI=1S/C11H20O2/c1-4-6-7-9-11(12)13-10(3)8-5-2/h5,8,10H,4,6-7,9H2,1-3H3/b8-5+. The van der Waals surface area contributed by atoms with Crippen LogP contribution in [0.4, 0.5) is 0 Å². The molecule has 76 valence electrons. The Labute approximate surface area is 81.0 Å². The summed E-state index contributed by atoms with van der Waals surface area (Å²) < 4.78 is 5.11. The van der Waals surface area contributed by atoms with Crippen LogP contribution in [0.3, 0.4) is 0 Å². The van der Waals surface area contributed by atoms with Crippen LogP contribution >= 0.6 is 0 Å². The number of unbranched alkanes of at least 4 members (excludes halogenated alkanes) is 2. The average molecular weight is 184 g/mol. The number of rotatable bonds is 6. The summed E-state index contributed by atoms with van der Waals surface area (Å²) in [6, 6.07) is 0. The summed E-state index contributed by atoms with van der Waals surface area (Å²) in [6.45, 7) is 5.91. The van der Waals surface area contributed by atoms with Gasteiger partial charge in [0.15, 0.2) is 0 Å². The van der Waals surface area contributed by atoms with E-state index >= 15 is 0 Å². The summed E-state index contributed by atoms with van der Waals surface area (Å²) in [5, 5.41) is 0. The minimum absolute atomic E-state index is 0.0841. The molecule has 1 unspecified atom stereocenters. The maximum absolute atomic E-state index is 11.1. The molecule has 0 fully saturated rings. The highest BCUT2D eigenvalue weighted by Gasteiger charge is 2.05. The van der Waals surface area contributed by atoms with Crippen molar-refractivity contribution in [3.8, 4) is 0 Å². The van der Waals surface area contributed by atoms with E-state index in [4.69, 9.17) is 4.74 Å². The van der Waals surface area contributed by atoms with Crippen molar-refractivity contribution in [3.05, 3.63) is 12.2 Å². The fourth-order valence-corrected chi connectivity index (χ4v) is 1.10. The monoisotopic (exact) mass is 184 g/mol. The number of carbonyl (C=O) groups is 1. The lowest BCUT2D eigenvalue weighted by molar-refractivity contribution is -0.146. The molecule has 1 atom stereocenters. The SMILES string of the molecule is C/C=C/C(C)OC(=O)CCCCC. The molecule has 0 aromatic heterocycles. The van der Waals surface area contributed by atoms with E-state index in [9.17, 15) is 4.79 Å². The van der Waals surface area contributed by atoms with Crippen molar-refractivity contribution >= 4 is 5.97 Å². The second-order valence-electron chi connectivity index (χ2n) is 3.18. The zero-order chi connectivity index (χ0) is 10.1. The van der Waals surface area contributed by atoms with Crippen LogP contribution in [0, 0.1) is 0 Å². The Morgan fingerprint density at radius 1 is 1.46 bits per heavy atom. The molecule has 0 saturated heterocycles. The molecule has 0 amide bonds. The molecule has 0 N–H and O–H groups in total. The van der Waals surface area contributed by atoms with Crippen molar-refractivity contribution in [3.63, 3.8) is 0 Å². The quantitative estimate of drug-likeness (QED) is 0.360. The van der Waals surface area contributed by atoms with Crippen LogP contribution in [0.1, 0.15) is 46.5 Å². The first-order valence-corrected chi connectivity index (χ1v) is 5.03. The lowest BCUT2D eigenvalue weighted by Crippen LogP contribution is -2.12. The van der Waals surface area contributed by atoms with E-state index in [-0.39, 0.29) is 12.1 Å². The Morgan fingerprint density at radius 2 is 2.15 bits per heavy atom. The van der Waals surface area contributed by atoms with Crippen LogP contribution in [0.2, 0.25) is 0 Å². The van der Waals surface area contributed by atoms with E-state index in [0.717, 1.165) is 19.3 Å². The second kappa shape index (κ2) is 7.84. The summed E-state index contributed by atoms with van der Waals surface area (Å²) in [6.07, 6.45) is 7.42. The third-order valence-electron chi connectivity index (χ3n) is 1.77. The third-order valence-corrected chi connectivity index (χ3v) is 1.77. The number of carbonyl (C=O) groups excluding carboxylic acids is 1. The predicted octanol–water partition coefficient (Wildman–Crippen LogP) is 3.07. The van der Waals surface area contributed by atoms with Crippen molar-refractivity contribution < 1.29 is 9.53 Å². The molecular formula is C11H20O2. The summed E-state index contributed by atoms with van der Waals surface area (Å²) in [7, 11) is 0. The van der Waals surface area contributed by atoms with Gasteiger partial charge < -0.3 is 4.74 Å². The van der Waals surface area contributed by atoms with Gasteiger partial charge in [-0.1, -0.05) is 25.8 Å². The highest BCUT2D eigenvalue weighted by atomic mass is 16.5. The maximum atomic E-state index is 11.1. The van der Waals surface area contributed by atoms with Crippen LogP contribution in [-0.4, -0.2) is 12.1 Å². The van der Waals surface area contributed by atoms with Gasteiger partial charge in [-0.15, -0.1) is 0 Å². The van der Waals surface area contributed by atoms with Gasteiger partial charge in [-0.3, -0.25) is 4.79 Å². The van der Waals surface area contributed by atoms with Crippen LogP contribution < -0.4 is 0 Å². The molecule has 0 aromatic carbocycles. The van der Waals surface area contributed by atoms with E-state index in [1.165, 1.54) is 0 Å². The Kier molecular flexibility index (Phi) is 7.36. The number of ether oxygens (including phenoxy) is 1. The molecule has 2 heteroatoms. The molecule has 2 nitrogen and oxygen atoms in total. The number of esters is 1. The van der Waals surface area contributed by atoms with E-state index < -0.39 is 0 Å². The molecule has 0 aliphatic carbocycles. The Morgan fingerprint density at radius 3 is 2.69 bits per heavy atom. The van der Waals surface area contributed by atoms with Crippen molar-refractivity contribution in [1.82, 2.24) is 0 Å². The molecule has 0 rings (SSSR count).